The quantitative estimate of drug-likeness (QED) is 0.426. The standard InChI is InChI=1S/C27H30FN3O4S/c1-3-25(27(33)29-2)30(19-18-21-10-6-4-7-11-21)26(32)20-31(23-16-14-22(28)15-17-23)36(34,35)24-12-8-5-9-13-24/h4-17,25H,3,18-20H2,1-2H3,(H,29,33)/t25-/m0/s1. The molecule has 3 aromatic rings. The Labute approximate surface area is 211 Å². The van der Waals surface area contributed by atoms with Gasteiger partial charge in [-0.2, -0.15) is 0 Å². The maximum Gasteiger partial charge on any atom is 0.264 e. The molecule has 7 nitrogen and oxygen atoms in total. The zero-order chi connectivity index (χ0) is 26.1. The van der Waals surface area contributed by atoms with Gasteiger partial charge in [-0.3, -0.25) is 13.9 Å². The number of nitrogens with one attached hydrogen (secondary N) is 1. The summed E-state index contributed by atoms with van der Waals surface area (Å²) in [5, 5.41) is 2.59. The summed E-state index contributed by atoms with van der Waals surface area (Å²) in [6, 6.07) is 21.4. The second-order valence-electron chi connectivity index (χ2n) is 8.16. The number of anilines is 1. The SMILES string of the molecule is CC[C@@H](C(=O)NC)N(CCc1ccccc1)C(=O)CN(c1ccc(F)cc1)S(=O)(=O)c1ccccc1. The number of halogens is 1. The zero-order valence-electron chi connectivity index (χ0n) is 20.3. The Morgan fingerprint density at radius 2 is 1.50 bits per heavy atom. The zero-order valence-corrected chi connectivity index (χ0v) is 21.1. The molecule has 0 radical (unpaired) electrons. The number of sulfonamides is 1. The van der Waals surface area contributed by atoms with Crippen molar-refractivity contribution in [2.24, 2.45) is 0 Å². The third kappa shape index (κ3) is 6.48. The van der Waals surface area contributed by atoms with Crippen LogP contribution in [0.15, 0.2) is 89.8 Å². The number of benzene rings is 3. The minimum Gasteiger partial charge on any atom is -0.357 e. The fourth-order valence-corrected chi connectivity index (χ4v) is 5.35. The summed E-state index contributed by atoms with van der Waals surface area (Å²) < 4.78 is 41.7. The Balaban J connectivity index is 1.98. The molecular weight excluding hydrogens is 481 g/mol. The van der Waals surface area contributed by atoms with Gasteiger partial charge in [0.05, 0.1) is 10.6 Å². The van der Waals surface area contributed by atoms with Gasteiger partial charge in [-0.15, -0.1) is 0 Å². The van der Waals surface area contributed by atoms with Gasteiger partial charge in [-0.1, -0.05) is 55.5 Å². The maximum atomic E-state index is 13.7. The molecule has 3 aromatic carbocycles. The molecule has 3 rings (SSSR count). The van der Waals surface area contributed by atoms with Gasteiger partial charge in [0.1, 0.15) is 18.4 Å². The number of rotatable bonds is 11. The maximum absolute atomic E-state index is 13.7. The predicted octanol–water partition coefficient (Wildman–Crippen LogP) is 3.62. The number of carbonyl (C=O) groups excluding carboxylic acids is 2. The van der Waals surface area contributed by atoms with Crippen molar-refractivity contribution in [2.75, 3.05) is 24.4 Å². The monoisotopic (exact) mass is 511 g/mol. The van der Waals surface area contributed by atoms with Gasteiger partial charge >= 0.3 is 0 Å². The lowest BCUT2D eigenvalue weighted by atomic mass is 10.1. The van der Waals surface area contributed by atoms with Gasteiger partial charge in [-0.05, 0) is 54.8 Å². The lowest BCUT2D eigenvalue weighted by Gasteiger charge is -2.33. The van der Waals surface area contributed by atoms with E-state index in [0.29, 0.717) is 12.8 Å². The summed E-state index contributed by atoms with van der Waals surface area (Å²) in [5.74, 6) is -1.40. The van der Waals surface area contributed by atoms with E-state index in [-0.39, 0.29) is 23.0 Å². The van der Waals surface area contributed by atoms with Crippen molar-refractivity contribution in [3.05, 3.63) is 96.3 Å². The highest BCUT2D eigenvalue weighted by molar-refractivity contribution is 7.92. The van der Waals surface area contributed by atoms with Crippen molar-refractivity contribution < 1.29 is 22.4 Å². The molecule has 0 aliphatic carbocycles. The molecule has 1 N–H and O–H groups in total. The Morgan fingerprint density at radius 1 is 0.917 bits per heavy atom. The molecule has 0 aliphatic heterocycles. The van der Waals surface area contributed by atoms with Crippen LogP contribution in [0.1, 0.15) is 18.9 Å². The first-order valence-electron chi connectivity index (χ1n) is 11.7. The minimum atomic E-state index is -4.16. The summed E-state index contributed by atoms with van der Waals surface area (Å²) >= 11 is 0. The second-order valence-corrected chi connectivity index (χ2v) is 10.0. The smallest absolute Gasteiger partial charge is 0.264 e. The van der Waals surface area contributed by atoms with Crippen molar-refractivity contribution in [1.82, 2.24) is 10.2 Å². The number of amides is 2. The molecule has 36 heavy (non-hydrogen) atoms. The Morgan fingerprint density at radius 3 is 2.06 bits per heavy atom. The van der Waals surface area contributed by atoms with Crippen molar-refractivity contribution in [1.29, 1.82) is 0 Å². The Kier molecular flexibility index (Phi) is 9.19. The van der Waals surface area contributed by atoms with Crippen LogP contribution in [0.4, 0.5) is 10.1 Å². The lowest BCUT2D eigenvalue weighted by Crippen LogP contribution is -2.52. The van der Waals surface area contributed by atoms with Crippen LogP contribution in [0, 0.1) is 5.82 Å². The van der Waals surface area contributed by atoms with Crippen LogP contribution in [0.3, 0.4) is 0 Å². The van der Waals surface area contributed by atoms with Gasteiger partial charge in [0.25, 0.3) is 10.0 Å². The van der Waals surface area contributed by atoms with E-state index >= 15 is 0 Å². The first kappa shape index (κ1) is 26.9. The Hall–Kier alpha value is -3.72. The molecule has 0 bridgehead atoms. The van der Waals surface area contributed by atoms with E-state index in [4.69, 9.17) is 0 Å². The number of hydrogen-bond acceptors (Lipinski definition) is 4. The van der Waals surface area contributed by atoms with E-state index in [2.05, 4.69) is 5.32 Å². The molecule has 0 spiro atoms. The minimum absolute atomic E-state index is 0.00342. The van der Waals surface area contributed by atoms with E-state index in [1.165, 1.54) is 36.2 Å². The fourth-order valence-electron chi connectivity index (χ4n) is 3.92. The van der Waals surface area contributed by atoms with Gasteiger partial charge in [0, 0.05) is 13.6 Å². The van der Waals surface area contributed by atoms with E-state index in [1.54, 1.807) is 25.1 Å². The highest BCUT2D eigenvalue weighted by Crippen LogP contribution is 2.24. The molecule has 0 fully saturated rings. The molecule has 190 valence electrons. The molecule has 0 heterocycles. The highest BCUT2D eigenvalue weighted by Gasteiger charge is 2.33. The van der Waals surface area contributed by atoms with Crippen molar-refractivity contribution >= 4 is 27.5 Å². The molecule has 2 amide bonds. The normalized spacial score (nSPS) is 12.0. The molecule has 1 atom stereocenters. The summed E-state index contributed by atoms with van der Waals surface area (Å²) in [6.07, 6.45) is 0.838. The first-order chi connectivity index (χ1) is 17.3. The van der Waals surface area contributed by atoms with Gasteiger partial charge < -0.3 is 10.2 Å². The summed E-state index contributed by atoms with van der Waals surface area (Å²) in [6.45, 7) is 1.46. The largest absolute Gasteiger partial charge is 0.357 e. The molecule has 9 heteroatoms. The summed E-state index contributed by atoms with van der Waals surface area (Å²) in [7, 11) is -2.66. The number of carbonyl (C=O) groups is 2. The van der Waals surface area contributed by atoms with Crippen LogP contribution >= 0.6 is 0 Å². The number of likely N-dealkylation sites (N-methyl/N-ethyl adjacent to an activating group) is 1. The van der Waals surface area contributed by atoms with Gasteiger partial charge in [0.15, 0.2) is 0 Å². The lowest BCUT2D eigenvalue weighted by molar-refractivity contribution is -0.139. The van der Waals surface area contributed by atoms with Crippen LogP contribution in [0.2, 0.25) is 0 Å². The third-order valence-electron chi connectivity index (χ3n) is 5.84. The average molecular weight is 512 g/mol. The van der Waals surface area contributed by atoms with Gasteiger partial charge in [0.2, 0.25) is 11.8 Å². The van der Waals surface area contributed by atoms with E-state index in [0.717, 1.165) is 22.0 Å². The third-order valence-corrected chi connectivity index (χ3v) is 7.63. The van der Waals surface area contributed by atoms with Crippen LogP contribution < -0.4 is 9.62 Å². The molecule has 0 unspecified atom stereocenters. The number of hydrogen-bond donors (Lipinski definition) is 1. The van der Waals surface area contributed by atoms with Crippen molar-refractivity contribution in [3.63, 3.8) is 0 Å². The van der Waals surface area contributed by atoms with Crippen LogP contribution in [-0.2, 0) is 26.0 Å². The van der Waals surface area contributed by atoms with Crippen LogP contribution in [0.5, 0.6) is 0 Å². The molecule has 0 saturated heterocycles. The number of nitrogens with zero attached hydrogens (tertiary/aromatic N) is 2. The van der Waals surface area contributed by atoms with Gasteiger partial charge in [-0.25, -0.2) is 12.8 Å². The van der Waals surface area contributed by atoms with E-state index in [9.17, 15) is 22.4 Å². The molecule has 0 saturated carbocycles. The summed E-state index contributed by atoms with van der Waals surface area (Å²) in [5.41, 5.74) is 1.12. The Bertz CT molecular complexity index is 1250. The molecular formula is C27H30FN3O4S. The average Bonchev–Trinajstić information content (AvgIpc) is 2.90. The van der Waals surface area contributed by atoms with Crippen molar-refractivity contribution in [3.8, 4) is 0 Å². The fraction of sp³-hybridized carbons (Fsp3) is 0.259. The van der Waals surface area contributed by atoms with Crippen LogP contribution in [-0.4, -0.2) is 51.3 Å². The summed E-state index contributed by atoms with van der Waals surface area (Å²) in [4.78, 5) is 27.7. The van der Waals surface area contributed by atoms with Crippen molar-refractivity contribution in [2.45, 2.75) is 30.7 Å². The van der Waals surface area contributed by atoms with E-state index < -0.39 is 34.3 Å². The molecule has 0 aromatic heterocycles. The predicted molar refractivity (Wildman–Crippen MR) is 137 cm³/mol. The first-order valence-corrected chi connectivity index (χ1v) is 13.1. The van der Waals surface area contributed by atoms with Crippen LogP contribution in [0.25, 0.3) is 0 Å². The topological polar surface area (TPSA) is 86.8 Å². The molecule has 0 aliphatic rings. The second kappa shape index (κ2) is 12.3. The highest BCUT2D eigenvalue weighted by atomic mass is 32.2. The van der Waals surface area contributed by atoms with E-state index in [1.807, 2.05) is 30.3 Å².